The summed E-state index contributed by atoms with van der Waals surface area (Å²) in [6.45, 7) is 8.62. The lowest BCUT2D eigenvalue weighted by Gasteiger charge is -2.19. The first-order valence-electron chi connectivity index (χ1n) is 8.06. The second-order valence-corrected chi connectivity index (χ2v) is 5.51. The molecule has 2 aromatic carbocycles. The molecule has 3 rings (SSSR count). The molecule has 0 aliphatic heterocycles. The summed E-state index contributed by atoms with van der Waals surface area (Å²) < 4.78 is 0. The number of nitrogens with one attached hydrogen (secondary N) is 1. The van der Waals surface area contributed by atoms with E-state index in [0.717, 1.165) is 37.2 Å². The molecule has 0 aliphatic rings. The Balaban J connectivity index is 1.87. The Labute approximate surface area is 132 Å². The summed E-state index contributed by atoms with van der Waals surface area (Å²) in [5, 5.41) is 5.95. The van der Waals surface area contributed by atoms with Crippen molar-refractivity contribution in [1.82, 2.24) is 9.88 Å². The summed E-state index contributed by atoms with van der Waals surface area (Å²) in [7, 11) is 0. The smallest absolute Gasteiger partial charge is 0.0730 e. The van der Waals surface area contributed by atoms with Crippen molar-refractivity contribution in [2.75, 3.05) is 31.5 Å². The van der Waals surface area contributed by atoms with Crippen molar-refractivity contribution < 1.29 is 0 Å². The SMILES string of the molecule is CCN(CC)CCNc1cccc2nc3ccccc3cc12. The van der Waals surface area contributed by atoms with Gasteiger partial charge in [0.25, 0.3) is 0 Å². The van der Waals surface area contributed by atoms with Gasteiger partial charge >= 0.3 is 0 Å². The van der Waals surface area contributed by atoms with E-state index in [0.29, 0.717) is 0 Å². The van der Waals surface area contributed by atoms with Crippen LogP contribution in [-0.2, 0) is 0 Å². The van der Waals surface area contributed by atoms with Gasteiger partial charge in [-0.2, -0.15) is 0 Å². The maximum atomic E-state index is 4.76. The lowest BCUT2D eigenvalue weighted by atomic mass is 10.1. The van der Waals surface area contributed by atoms with Crippen LogP contribution in [0.3, 0.4) is 0 Å². The molecule has 3 aromatic rings. The van der Waals surface area contributed by atoms with Gasteiger partial charge in [-0.1, -0.05) is 38.1 Å². The van der Waals surface area contributed by atoms with E-state index >= 15 is 0 Å². The number of aromatic nitrogens is 1. The van der Waals surface area contributed by atoms with Crippen molar-refractivity contribution in [3.63, 3.8) is 0 Å². The Bertz CT molecular complexity index is 763. The van der Waals surface area contributed by atoms with E-state index in [1.165, 1.54) is 16.5 Å². The number of para-hydroxylation sites is 1. The summed E-state index contributed by atoms with van der Waals surface area (Å²) in [5.74, 6) is 0. The average Bonchev–Trinajstić information content (AvgIpc) is 2.57. The molecule has 22 heavy (non-hydrogen) atoms. The zero-order chi connectivity index (χ0) is 15.4. The van der Waals surface area contributed by atoms with Crippen LogP contribution in [0.1, 0.15) is 13.8 Å². The molecule has 0 saturated carbocycles. The highest BCUT2D eigenvalue weighted by molar-refractivity contribution is 5.99. The predicted octanol–water partition coefficient (Wildman–Crippen LogP) is 4.14. The highest BCUT2D eigenvalue weighted by Gasteiger charge is 2.05. The predicted molar refractivity (Wildman–Crippen MR) is 95.5 cm³/mol. The van der Waals surface area contributed by atoms with Gasteiger partial charge in [-0.05, 0) is 37.4 Å². The molecule has 0 saturated heterocycles. The Morgan fingerprint density at radius 2 is 1.73 bits per heavy atom. The van der Waals surface area contributed by atoms with E-state index in [2.05, 4.69) is 66.5 Å². The zero-order valence-corrected chi connectivity index (χ0v) is 13.3. The number of hydrogen-bond acceptors (Lipinski definition) is 3. The van der Waals surface area contributed by atoms with Gasteiger partial charge in [0.15, 0.2) is 0 Å². The Hall–Kier alpha value is -2.13. The van der Waals surface area contributed by atoms with Gasteiger partial charge in [-0.25, -0.2) is 4.98 Å². The fraction of sp³-hybridized carbons (Fsp3) is 0.316. The molecule has 0 unspecified atom stereocenters. The standard InChI is InChI=1S/C19H23N3/c1-3-22(4-2)13-12-20-18-10-7-11-19-16(18)14-15-8-5-6-9-17(15)21-19/h5-11,14,20H,3-4,12-13H2,1-2H3. The minimum atomic E-state index is 0.952. The van der Waals surface area contributed by atoms with Crippen molar-refractivity contribution in [3.8, 4) is 0 Å². The number of benzene rings is 2. The summed E-state index contributed by atoms with van der Waals surface area (Å²) in [6.07, 6.45) is 0. The van der Waals surface area contributed by atoms with Gasteiger partial charge in [0.2, 0.25) is 0 Å². The third-order valence-electron chi connectivity index (χ3n) is 4.20. The molecule has 1 heterocycles. The van der Waals surface area contributed by atoms with Crippen molar-refractivity contribution in [2.45, 2.75) is 13.8 Å². The first kappa shape index (κ1) is 14.8. The van der Waals surface area contributed by atoms with Crippen LogP contribution in [0.15, 0.2) is 48.5 Å². The summed E-state index contributed by atoms with van der Waals surface area (Å²) in [5.41, 5.74) is 3.27. The van der Waals surface area contributed by atoms with E-state index in [1.54, 1.807) is 0 Å². The second-order valence-electron chi connectivity index (χ2n) is 5.51. The molecule has 1 N–H and O–H groups in total. The van der Waals surface area contributed by atoms with Gasteiger partial charge < -0.3 is 10.2 Å². The van der Waals surface area contributed by atoms with Gasteiger partial charge in [0, 0.05) is 29.5 Å². The van der Waals surface area contributed by atoms with Crippen LogP contribution in [0.5, 0.6) is 0 Å². The van der Waals surface area contributed by atoms with Crippen molar-refractivity contribution in [2.24, 2.45) is 0 Å². The van der Waals surface area contributed by atoms with Gasteiger partial charge in [0.05, 0.1) is 11.0 Å². The fourth-order valence-electron chi connectivity index (χ4n) is 2.84. The number of hydrogen-bond donors (Lipinski definition) is 1. The van der Waals surface area contributed by atoms with Crippen molar-refractivity contribution in [3.05, 3.63) is 48.5 Å². The number of fused-ring (bicyclic) bond motifs is 2. The van der Waals surface area contributed by atoms with E-state index < -0.39 is 0 Å². The molecule has 0 amide bonds. The first-order chi connectivity index (χ1) is 10.8. The average molecular weight is 293 g/mol. The second kappa shape index (κ2) is 6.75. The molecular weight excluding hydrogens is 270 g/mol. The normalized spacial score (nSPS) is 11.4. The number of likely N-dealkylation sites (N-methyl/N-ethyl adjacent to an activating group) is 1. The maximum Gasteiger partial charge on any atom is 0.0730 e. The molecule has 0 aliphatic carbocycles. The van der Waals surface area contributed by atoms with Crippen LogP contribution in [0.25, 0.3) is 21.8 Å². The van der Waals surface area contributed by atoms with Crippen LogP contribution >= 0.6 is 0 Å². The van der Waals surface area contributed by atoms with Crippen LogP contribution in [0.4, 0.5) is 5.69 Å². The van der Waals surface area contributed by atoms with Gasteiger partial charge in [-0.3, -0.25) is 0 Å². The van der Waals surface area contributed by atoms with Crippen LogP contribution in [0.2, 0.25) is 0 Å². The molecule has 0 fully saturated rings. The first-order valence-corrected chi connectivity index (χ1v) is 8.06. The molecule has 3 nitrogen and oxygen atoms in total. The van der Waals surface area contributed by atoms with Crippen molar-refractivity contribution >= 4 is 27.5 Å². The fourth-order valence-corrected chi connectivity index (χ4v) is 2.84. The van der Waals surface area contributed by atoms with Gasteiger partial charge in [-0.15, -0.1) is 0 Å². The van der Waals surface area contributed by atoms with E-state index in [4.69, 9.17) is 4.98 Å². The lowest BCUT2D eigenvalue weighted by Crippen LogP contribution is -2.28. The molecule has 0 radical (unpaired) electrons. The highest BCUT2D eigenvalue weighted by Crippen LogP contribution is 2.25. The Morgan fingerprint density at radius 3 is 2.55 bits per heavy atom. The summed E-state index contributed by atoms with van der Waals surface area (Å²) in [6, 6.07) is 16.8. The van der Waals surface area contributed by atoms with Crippen LogP contribution < -0.4 is 5.32 Å². The van der Waals surface area contributed by atoms with Crippen LogP contribution in [0, 0.1) is 0 Å². The van der Waals surface area contributed by atoms with E-state index in [1.807, 2.05) is 6.07 Å². The minimum Gasteiger partial charge on any atom is -0.383 e. The quantitative estimate of drug-likeness (QED) is 0.692. The third kappa shape index (κ3) is 3.04. The van der Waals surface area contributed by atoms with E-state index in [9.17, 15) is 0 Å². The monoisotopic (exact) mass is 293 g/mol. The van der Waals surface area contributed by atoms with Gasteiger partial charge in [0.1, 0.15) is 0 Å². The molecular formula is C19H23N3. The lowest BCUT2D eigenvalue weighted by molar-refractivity contribution is 0.316. The Morgan fingerprint density at radius 1 is 0.955 bits per heavy atom. The molecule has 0 atom stereocenters. The molecule has 0 bridgehead atoms. The zero-order valence-electron chi connectivity index (χ0n) is 13.3. The number of pyridine rings is 1. The Kier molecular flexibility index (Phi) is 4.54. The summed E-state index contributed by atoms with van der Waals surface area (Å²) in [4.78, 5) is 7.19. The number of rotatable bonds is 6. The molecule has 0 spiro atoms. The van der Waals surface area contributed by atoms with Crippen molar-refractivity contribution in [1.29, 1.82) is 0 Å². The third-order valence-corrected chi connectivity index (χ3v) is 4.20. The van der Waals surface area contributed by atoms with Crippen LogP contribution in [-0.4, -0.2) is 36.1 Å². The number of anilines is 1. The molecule has 3 heteroatoms. The van der Waals surface area contributed by atoms with E-state index in [-0.39, 0.29) is 0 Å². The number of nitrogens with zero attached hydrogens (tertiary/aromatic N) is 2. The highest BCUT2D eigenvalue weighted by atomic mass is 15.1. The molecule has 1 aromatic heterocycles. The largest absolute Gasteiger partial charge is 0.383 e. The topological polar surface area (TPSA) is 28.2 Å². The maximum absolute atomic E-state index is 4.76. The summed E-state index contributed by atoms with van der Waals surface area (Å²) >= 11 is 0. The minimum absolute atomic E-state index is 0.952. The molecule has 114 valence electrons.